The molecule has 29 heavy (non-hydrogen) atoms. The molecule has 0 radical (unpaired) electrons. The van der Waals surface area contributed by atoms with E-state index in [0.717, 1.165) is 42.6 Å². The zero-order chi connectivity index (χ0) is 20.1. The predicted octanol–water partition coefficient (Wildman–Crippen LogP) is 4.98. The van der Waals surface area contributed by atoms with Crippen molar-refractivity contribution >= 4 is 40.6 Å². The van der Waals surface area contributed by atoms with E-state index in [1.807, 2.05) is 48.5 Å². The fourth-order valence-corrected chi connectivity index (χ4v) is 4.04. The summed E-state index contributed by atoms with van der Waals surface area (Å²) in [4.78, 5) is 20.5. The van der Waals surface area contributed by atoms with E-state index in [0.29, 0.717) is 15.6 Å². The molecule has 7 heteroatoms. The first-order chi connectivity index (χ1) is 14.2. The molecule has 5 nitrogen and oxygen atoms in total. The molecule has 4 rings (SSSR count). The lowest BCUT2D eigenvalue weighted by atomic mass is 10.2. The van der Waals surface area contributed by atoms with Crippen molar-refractivity contribution in [3.05, 3.63) is 77.4 Å². The first-order valence-electron chi connectivity index (χ1n) is 9.31. The average molecular weight is 426 g/mol. The summed E-state index contributed by atoms with van der Waals surface area (Å²) in [7, 11) is 0. The Balaban J connectivity index is 1.46. The van der Waals surface area contributed by atoms with Crippen LogP contribution in [0.1, 0.15) is 10.4 Å². The highest BCUT2D eigenvalue weighted by Gasteiger charge is 2.15. The maximum absolute atomic E-state index is 12.9. The maximum atomic E-state index is 12.9. The van der Waals surface area contributed by atoms with E-state index in [9.17, 15) is 4.79 Å². The van der Waals surface area contributed by atoms with Crippen molar-refractivity contribution in [1.82, 2.24) is 4.98 Å². The summed E-state index contributed by atoms with van der Waals surface area (Å²) >= 11 is 7.38. The van der Waals surface area contributed by atoms with Crippen LogP contribution in [-0.4, -0.2) is 37.2 Å². The molecule has 0 unspecified atom stereocenters. The zero-order valence-electron chi connectivity index (χ0n) is 15.7. The van der Waals surface area contributed by atoms with E-state index in [-0.39, 0.29) is 5.91 Å². The summed E-state index contributed by atoms with van der Waals surface area (Å²) in [6.07, 6.45) is 1.69. The number of halogens is 1. The van der Waals surface area contributed by atoms with Crippen LogP contribution < -0.4 is 10.2 Å². The van der Waals surface area contributed by atoms with Gasteiger partial charge in [0.2, 0.25) is 0 Å². The number of pyridine rings is 1. The second kappa shape index (κ2) is 9.31. The molecule has 148 valence electrons. The van der Waals surface area contributed by atoms with E-state index in [1.54, 1.807) is 18.3 Å². The molecule has 1 aliphatic heterocycles. The molecule has 3 aromatic rings. The topological polar surface area (TPSA) is 54.5 Å². The number of nitrogens with zero attached hydrogens (tertiary/aromatic N) is 2. The SMILES string of the molecule is O=C(Nc1ccc(N2CCOCC2)cc1)c1cccnc1Sc1ccc(Cl)cc1. The van der Waals surface area contributed by atoms with Crippen LogP contribution in [0.2, 0.25) is 5.02 Å². The molecular weight excluding hydrogens is 406 g/mol. The van der Waals surface area contributed by atoms with Crippen LogP contribution in [0.3, 0.4) is 0 Å². The Labute approximate surface area is 179 Å². The van der Waals surface area contributed by atoms with Gasteiger partial charge in [0.25, 0.3) is 5.91 Å². The smallest absolute Gasteiger partial charge is 0.258 e. The van der Waals surface area contributed by atoms with Crippen molar-refractivity contribution in [2.75, 3.05) is 36.5 Å². The van der Waals surface area contributed by atoms with Gasteiger partial charge in [0.1, 0.15) is 5.03 Å². The monoisotopic (exact) mass is 425 g/mol. The third kappa shape index (κ3) is 5.09. The zero-order valence-corrected chi connectivity index (χ0v) is 17.2. The van der Waals surface area contributed by atoms with Crippen molar-refractivity contribution < 1.29 is 9.53 Å². The molecule has 2 aromatic carbocycles. The Morgan fingerprint density at radius 3 is 2.48 bits per heavy atom. The van der Waals surface area contributed by atoms with Crippen LogP contribution in [0.5, 0.6) is 0 Å². The number of morpholine rings is 1. The number of aromatic nitrogens is 1. The van der Waals surface area contributed by atoms with E-state index in [4.69, 9.17) is 16.3 Å². The van der Waals surface area contributed by atoms with Crippen molar-refractivity contribution in [3.63, 3.8) is 0 Å². The molecular formula is C22H20ClN3O2S. The van der Waals surface area contributed by atoms with E-state index in [1.165, 1.54) is 11.8 Å². The highest BCUT2D eigenvalue weighted by Crippen LogP contribution is 2.30. The van der Waals surface area contributed by atoms with Crippen LogP contribution in [0.4, 0.5) is 11.4 Å². The van der Waals surface area contributed by atoms with Gasteiger partial charge in [-0.3, -0.25) is 4.79 Å². The largest absolute Gasteiger partial charge is 0.378 e. The van der Waals surface area contributed by atoms with Crippen LogP contribution in [0.25, 0.3) is 0 Å². The third-order valence-corrected chi connectivity index (χ3v) is 5.82. The third-order valence-electron chi connectivity index (χ3n) is 4.55. The van der Waals surface area contributed by atoms with E-state index in [2.05, 4.69) is 15.2 Å². The highest BCUT2D eigenvalue weighted by molar-refractivity contribution is 7.99. The number of ether oxygens (including phenoxy) is 1. The van der Waals surface area contributed by atoms with Gasteiger partial charge in [-0.2, -0.15) is 0 Å². The molecule has 0 bridgehead atoms. The minimum atomic E-state index is -0.186. The number of carbonyl (C=O) groups is 1. The summed E-state index contributed by atoms with van der Waals surface area (Å²) in [5, 5.41) is 4.29. The summed E-state index contributed by atoms with van der Waals surface area (Å²) < 4.78 is 5.39. The van der Waals surface area contributed by atoms with Crippen LogP contribution in [-0.2, 0) is 4.74 Å². The van der Waals surface area contributed by atoms with Crippen LogP contribution >= 0.6 is 23.4 Å². The van der Waals surface area contributed by atoms with Gasteiger partial charge in [-0.25, -0.2) is 4.98 Å². The minimum Gasteiger partial charge on any atom is -0.378 e. The van der Waals surface area contributed by atoms with Crippen LogP contribution in [0.15, 0.2) is 76.8 Å². The normalized spacial score (nSPS) is 13.9. The molecule has 1 amide bonds. The maximum Gasteiger partial charge on any atom is 0.258 e. The van der Waals surface area contributed by atoms with E-state index >= 15 is 0 Å². The lowest BCUT2D eigenvalue weighted by Crippen LogP contribution is -2.36. The van der Waals surface area contributed by atoms with Gasteiger partial charge < -0.3 is 15.0 Å². The average Bonchev–Trinajstić information content (AvgIpc) is 2.77. The second-order valence-corrected chi connectivity index (χ2v) is 8.01. The molecule has 1 saturated heterocycles. The Kier molecular flexibility index (Phi) is 6.34. The van der Waals surface area contributed by atoms with Crippen molar-refractivity contribution in [2.24, 2.45) is 0 Å². The van der Waals surface area contributed by atoms with E-state index < -0.39 is 0 Å². The Hall–Kier alpha value is -2.54. The van der Waals surface area contributed by atoms with Crippen molar-refractivity contribution in [2.45, 2.75) is 9.92 Å². The molecule has 1 N–H and O–H groups in total. The number of hydrogen-bond acceptors (Lipinski definition) is 5. The number of hydrogen-bond donors (Lipinski definition) is 1. The molecule has 1 fully saturated rings. The van der Waals surface area contributed by atoms with Gasteiger partial charge in [-0.1, -0.05) is 23.4 Å². The summed E-state index contributed by atoms with van der Waals surface area (Å²) in [5.41, 5.74) is 2.41. The first-order valence-corrected chi connectivity index (χ1v) is 10.5. The van der Waals surface area contributed by atoms with Gasteiger partial charge in [-0.05, 0) is 60.7 Å². The molecule has 1 aromatic heterocycles. The number of nitrogens with one attached hydrogen (secondary N) is 1. The first kappa shape index (κ1) is 19.8. The van der Waals surface area contributed by atoms with Crippen LogP contribution in [0, 0.1) is 0 Å². The summed E-state index contributed by atoms with van der Waals surface area (Å²) in [5.74, 6) is -0.186. The number of amides is 1. The highest BCUT2D eigenvalue weighted by atomic mass is 35.5. The minimum absolute atomic E-state index is 0.186. The fourth-order valence-electron chi connectivity index (χ4n) is 3.03. The van der Waals surface area contributed by atoms with Gasteiger partial charge in [-0.15, -0.1) is 0 Å². The quantitative estimate of drug-likeness (QED) is 0.625. The summed E-state index contributed by atoms with van der Waals surface area (Å²) in [6.45, 7) is 3.25. The number of benzene rings is 2. The lowest BCUT2D eigenvalue weighted by molar-refractivity contribution is 0.102. The lowest BCUT2D eigenvalue weighted by Gasteiger charge is -2.28. The molecule has 0 aliphatic carbocycles. The second-order valence-electron chi connectivity index (χ2n) is 6.51. The van der Waals surface area contributed by atoms with Gasteiger partial charge >= 0.3 is 0 Å². The molecule has 0 atom stereocenters. The Morgan fingerprint density at radius 2 is 1.76 bits per heavy atom. The van der Waals surface area contributed by atoms with Crippen molar-refractivity contribution in [3.8, 4) is 0 Å². The van der Waals surface area contributed by atoms with Gasteiger partial charge in [0.05, 0.1) is 18.8 Å². The Bertz CT molecular complexity index is 974. The summed E-state index contributed by atoms with van der Waals surface area (Å²) in [6, 6.07) is 18.9. The molecule has 0 spiro atoms. The van der Waals surface area contributed by atoms with Gasteiger partial charge in [0, 0.05) is 40.6 Å². The standard InChI is InChI=1S/C22H20ClN3O2S/c23-16-3-9-19(10-4-16)29-22-20(2-1-11-24-22)21(27)25-17-5-7-18(8-6-17)26-12-14-28-15-13-26/h1-11H,12-15H2,(H,25,27). The number of carbonyl (C=O) groups excluding carboxylic acids is 1. The molecule has 0 saturated carbocycles. The van der Waals surface area contributed by atoms with Crippen molar-refractivity contribution in [1.29, 1.82) is 0 Å². The number of rotatable bonds is 5. The van der Waals surface area contributed by atoms with Gasteiger partial charge in [0.15, 0.2) is 0 Å². The molecule has 2 heterocycles. The Morgan fingerprint density at radius 1 is 1.03 bits per heavy atom. The number of anilines is 2. The fraction of sp³-hybridized carbons (Fsp3) is 0.182. The predicted molar refractivity (Wildman–Crippen MR) is 117 cm³/mol. The molecule has 1 aliphatic rings.